The lowest BCUT2D eigenvalue weighted by atomic mass is 10.1. The molecule has 1 N–H and O–H groups in total. The first-order chi connectivity index (χ1) is 18.9. The van der Waals surface area contributed by atoms with E-state index in [1.807, 2.05) is 60.1 Å². The predicted octanol–water partition coefficient (Wildman–Crippen LogP) is 5.34. The fraction of sp³-hybridized carbons (Fsp3) is 0.290. The number of benzene rings is 3. The van der Waals surface area contributed by atoms with Crippen molar-refractivity contribution < 1.29 is 4.74 Å². The van der Waals surface area contributed by atoms with Crippen molar-refractivity contribution in [3.8, 4) is 5.75 Å². The Bertz CT molecular complexity index is 1610. The second-order valence-electron chi connectivity index (χ2n) is 10.0. The number of tetrazole rings is 1. The van der Waals surface area contributed by atoms with Crippen molar-refractivity contribution >= 4 is 10.9 Å². The molecule has 0 aliphatic carbocycles. The van der Waals surface area contributed by atoms with Gasteiger partial charge in [0.25, 0.3) is 5.56 Å². The maximum atomic E-state index is 13.2. The largest absolute Gasteiger partial charge is 0.497 e. The number of aromatic amines is 1. The van der Waals surface area contributed by atoms with Gasteiger partial charge in [0.2, 0.25) is 0 Å². The Morgan fingerprint density at radius 2 is 1.72 bits per heavy atom. The van der Waals surface area contributed by atoms with Crippen LogP contribution >= 0.6 is 0 Å². The van der Waals surface area contributed by atoms with Crippen molar-refractivity contribution in [1.29, 1.82) is 0 Å². The summed E-state index contributed by atoms with van der Waals surface area (Å²) in [5, 5.41) is 13.9. The molecule has 5 rings (SSSR count). The average molecular weight is 523 g/mol. The maximum absolute atomic E-state index is 13.2. The summed E-state index contributed by atoms with van der Waals surface area (Å²) < 4.78 is 7.15. The molecule has 0 spiro atoms. The van der Waals surface area contributed by atoms with E-state index in [1.54, 1.807) is 7.11 Å². The summed E-state index contributed by atoms with van der Waals surface area (Å²) in [6.45, 7) is 7.88. The molecule has 0 radical (unpaired) electrons. The van der Waals surface area contributed by atoms with E-state index in [0.29, 0.717) is 25.2 Å². The van der Waals surface area contributed by atoms with Crippen molar-refractivity contribution in [3.05, 3.63) is 117 Å². The molecule has 0 saturated heterocycles. The number of ether oxygens (including phenoxy) is 1. The molecule has 0 saturated carbocycles. The van der Waals surface area contributed by atoms with Crippen LogP contribution in [0.2, 0.25) is 0 Å². The number of nitrogens with one attached hydrogen (secondary N) is 1. The molecule has 0 fully saturated rings. The molecular weight excluding hydrogens is 488 g/mol. The SMILES string of the molecule is CC[C@@H](c1nnnn1Cc1ccc(OC)cc1)N(Cc1ccc(C)cc1)Cc1cc2cccc(C)c2[nH]c1=O. The molecule has 39 heavy (non-hydrogen) atoms. The van der Waals surface area contributed by atoms with E-state index in [2.05, 4.69) is 63.5 Å². The van der Waals surface area contributed by atoms with E-state index in [-0.39, 0.29) is 11.6 Å². The van der Waals surface area contributed by atoms with Crippen LogP contribution in [0.3, 0.4) is 0 Å². The third kappa shape index (κ3) is 5.91. The minimum atomic E-state index is -0.104. The van der Waals surface area contributed by atoms with Crippen LogP contribution in [0, 0.1) is 13.8 Å². The minimum absolute atomic E-state index is 0.0709. The monoisotopic (exact) mass is 522 g/mol. The first-order valence-electron chi connectivity index (χ1n) is 13.2. The lowest BCUT2D eigenvalue weighted by Gasteiger charge is -2.30. The summed E-state index contributed by atoms with van der Waals surface area (Å²) >= 11 is 0. The van der Waals surface area contributed by atoms with Gasteiger partial charge < -0.3 is 9.72 Å². The minimum Gasteiger partial charge on any atom is -0.497 e. The Hall–Kier alpha value is -4.30. The first kappa shape index (κ1) is 26.3. The maximum Gasteiger partial charge on any atom is 0.252 e. The van der Waals surface area contributed by atoms with Gasteiger partial charge in [0, 0.05) is 18.7 Å². The molecule has 0 amide bonds. The van der Waals surface area contributed by atoms with E-state index in [1.165, 1.54) is 11.1 Å². The van der Waals surface area contributed by atoms with Gasteiger partial charge in [-0.1, -0.05) is 67.1 Å². The molecule has 0 aliphatic heterocycles. The normalized spacial score (nSPS) is 12.2. The molecule has 0 unspecified atom stereocenters. The second-order valence-corrected chi connectivity index (χ2v) is 10.0. The van der Waals surface area contributed by atoms with E-state index < -0.39 is 0 Å². The number of nitrogens with zero attached hydrogens (tertiary/aromatic N) is 5. The summed E-state index contributed by atoms with van der Waals surface area (Å²) in [5.41, 5.74) is 6.03. The average Bonchev–Trinajstić information content (AvgIpc) is 3.39. The molecule has 0 aliphatic rings. The molecule has 0 bridgehead atoms. The number of hydrogen-bond acceptors (Lipinski definition) is 6. The zero-order valence-corrected chi connectivity index (χ0v) is 22.9. The van der Waals surface area contributed by atoms with Crippen LogP contribution in [-0.2, 0) is 19.6 Å². The molecule has 1 atom stereocenters. The Kier molecular flexibility index (Phi) is 7.84. The molecule has 2 aromatic heterocycles. The summed E-state index contributed by atoms with van der Waals surface area (Å²) in [6, 6.07) is 24.4. The number of aryl methyl sites for hydroxylation is 2. The molecule has 5 aromatic rings. The van der Waals surface area contributed by atoms with Gasteiger partial charge in [0.15, 0.2) is 5.82 Å². The van der Waals surface area contributed by atoms with Gasteiger partial charge >= 0.3 is 0 Å². The number of hydrogen-bond donors (Lipinski definition) is 1. The fourth-order valence-corrected chi connectivity index (χ4v) is 5.04. The zero-order valence-electron chi connectivity index (χ0n) is 22.9. The fourth-order valence-electron chi connectivity index (χ4n) is 5.04. The first-order valence-corrected chi connectivity index (χ1v) is 13.2. The van der Waals surface area contributed by atoms with E-state index in [4.69, 9.17) is 4.74 Å². The van der Waals surface area contributed by atoms with Crippen LogP contribution in [0.25, 0.3) is 10.9 Å². The molecule has 8 heteroatoms. The number of fused-ring (bicyclic) bond motifs is 1. The number of H-pyrrole nitrogens is 1. The Morgan fingerprint density at radius 3 is 2.44 bits per heavy atom. The number of aromatic nitrogens is 5. The predicted molar refractivity (Wildman–Crippen MR) is 153 cm³/mol. The van der Waals surface area contributed by atoms with Crippen molar-refractivity contribution in [2.24, 2.45) is 0 Å². The highest BCUT2D eigenvalue weighted by Crippen LogP contribution is 2.27. The molecule has 3 aromatic carbocycles. The van der Waals surface area contributed by atoms with Crippen LogP contribution in [0.5, 0.6) is 5.75 Å². The van der Waals surface area contributed by atoms with Gasteiger partial charge in [-0.2, -0.15) is 0 Å². The van der Waals surface area contributed by atoms with Crippen LogP contribution in [0.1, 0.15) is 53.0 Å². The van der Waals surface area contributed by atoms with Gasteiger partial charge in [-0.25, -0.2) is 4.68 Å². The highest BCUT2D eigenvalue weighted by atomic mass is 16.5. The van der Waals surface area contributed by atoms with Crippen LogP contribution in [0.4, 0.5) is 0 Å². The van der Waals surface area contributed by atoms with Crippen molar-refractivity contribution in [2.45, 2.75) is 52.9 Å². The second kappa shape index (κ2) is 11.6. The highest BCUT2D eigenvalue weighted by molar-refractivity contribution is 5.81. The zero-order chi connectivity index (χ0) is 27.4. The number of para-hydroxylation sites is 1. The Labute approximate surface area is 228 Å². The topological polar surface area (TPSA) is 88.9 Å². The summed E-state index contributed by atoms with van der Waals surface area (Å²) in [5.74, 6) is 1.58. The van der Waals surface area contributed by atoms with Gasteiger partial charge in [0.1, 0.15) is 5.75 Å². The lowest BCUT2D eigenvalue weighted by Crippen LogP contribution is -2.32. The van der Waals surface area contributed by atoms with E-state index in [9.17, 15) is 4.79 Å². The van der Waals surface area contributed by atoms with Gasteiger partial charge in [-0.05, 0) is 71.0 Å². The van der Waals surface area contributed by atoms with Crippen LogP contribution in [0.15, 0.2) is 77.6 Å². The molecule has 8 nitrogen and oxygen atoms in total. The molecule has 2 heterocycles. The lowest BCUT2D eigenvalue weighted by molar-refractivity contribution is 0.161. The number of pyridine rings is 1. The quantitative estimate of drug-likeness (QED) is 0.266. The van der Waals surface area contributed by atoms with Gasteiger partial charge in [-0.3, -0.25) is 9.69 Å². The summed E-state index contributed by atoms with van der Waals surface area (Å²) in [4.78, 5) is 18.6. The standard InChI is InChI=1S/C31H34N6O2/c1-5-28(30-33-34-35-37(30)19-24-13-15-27(39-4)16-14-24)36(18-23-11-9-21(2)10-12-23)20-26-17-25-8-6-7-22(3)29(25)32-31(26)38/h6-17,28H,5,18-20H2,1-4H3,(H,32,38)/t28-/m0/s1. The van der Waals surface area contributed by atoms with Crippen molar-refractivity contribution in [2.75, 3.05) is 7.11 Å². The Morgan fingerprint density at radius 1 is 0.974 bits per heavy atom. The van der Waals surface area contributed by atoms with E-state index in [0.717, 1.165) is 40.0 Å². The third-order valence-corrected chi connectivity index (χ3v) is 7.22. The summed E-state index contributed by atoms with van der Waals surface area (Å²) in [7, 11) is 1.66. The van der Waals surface area contributed by atoms with Crippen molar-refractivity contribution in [1.82, 2.24) is 30.1 Å². The van der Waals surface area contributed by atoms with Crippen molar-refractivity contribution in [3.63, 3.8) is 0 Å². The third-order valence-electron chi connectivity index (χ3n) is 7.22. The number of methoxy groups -OCH3 is 1. The Balaban J connectivity index is 1.50. The van der Waals surface area contributed by atoms with Crippen LogP contribution < -0.4 is 10.3 Å². The van der Waals surface area contributed by atoms with Crippen LogP contribution in [-0.4, -0.2) is 37.2 Å². The van der Waals surface area contributed by atoms with E-state index >= 15 is 0 Å². The van der Waals surface area contributed by atoms with Gasteiger partial charge in [-0.15, -0.1) is 5.10 Å². The number of rotatable bonds is 10. The summed E-state index contributed by atoms with van der Waals surface area (Å²) in [6.07, 6.45) is 0.777. The molecule has 200 valence electrons. The molecular formula is C31H34N6O2. The van der Waals surface area contributed by atoms with Gasteiger partial charge in [0.05, 0.1) is 25.2 Å². The smallest absolute Gasteiger partial charge is 0.252 e. The highest BCUT2D eigenvalue weighted by Gasteiger charge is 2.26.